The summed E-state index contributed by atoms with van der Waals surface area (Å²) in [7, 11) is -2.69. The van der Waals surface area contributed by atoms with Crippen LogP contribution in [0.5, 0.6) is 5.75 Å². The van der Waals surface area contributed by atoms with Crippen molar-refractivity contribution >= 4 is 27.5 Å². The fourth-order valence-electron chi connectivity index (χ4n) is 4.26. The molecule has 0 heterocycles. The Morgan fingerprint density at radius 1 is 0.895 bits per heavy atom. The maximum absolute atomic E-state index is 13.9. The lowest BCUT2D eigenvalue weighted by atomic mass is 10.1. The molecule has 38 heavy (non-hydrogen) atoms. The summed E-state index contributed by atoms with van der Waals surface area (Å²) < 4.78 is 34.2. The Morgan fingerprint density at radius 2 is 1.50 bits per heavy atom. The van der Waals surface area contributed by atoms with Gasteiger partial charge < -0.3 is 15.0 Å². The van der Waals surface area contributed by atoms with Crippen molar-refractivity contribution in [3.05, 3.63) is 90.5 Å². The SMILES string of the molecule is CCNC(=O)[C@@H](CC)N(CCc1ccccc1)C(=O)CN(c1ccccc1OC)S(=O)(=O)c1ccccc1. The maximum atomic E-state index is 13.9. The Labute approximate surface area is 225 Å². The number of carbonyl (C=O) groups excluding carboxylic acids is 2. The zero-order valence-corrected chi connectivity index (χ0v) is 22.9. The van der Waals surface area contributed by atoms with Crippen LogP contribution in [0.15, 0.2) is 89.8 Å². The number of hydrogen-bond acceptors (Lipinski definition) is 5. The molecular formula is C29H35N3O5S. The topological polar surface area (TPSA) is 96.0 Å². The van der Waals surface area contributed by atoms with E-state index in [1.54, 1.807) is 42.5 Å². The van der Waals surface area contributed by atoms with Crippen LogP contribution in [-0.2, 0) is 26.0 Å². The smallest absolute Gasteiger partial charge is 0.264 e. The Hall–Kier alpha value is -3.85. The van der Waals surface area contributed by atoms with Gasteiger partial charge >= 0.3 is 0 Å². The lowest BCUT2D eigenvalue weighted by Crippen LogP contribution is -2.53. The van der Waals surface area contributed by atoms with Crippen LogP contribution in [0.2, 0.25) is 0 Å². The minimum atomic E-state index is -4.14. The predicted molar refractivity (Wildman–Crippen MR) is 149 cm³/mol. The van der Waals surface area contributed by atoms with Crippen molar-refractivity contribution in [3.8, 4) is 5.75 Å². The van der Waals surface area contributed by atoms with Gasteiger partial charge in [-0.1, -0.05) is 67.6 Å². The molecule has 0 fully saturated rings. The monoisotopic (exact) mass is 537 g/mol. The van der Waals surface area contributed by atoms with Crippen LogP contribution in [0.4, 0.5) is 5.69 Å². The number of nitrogens with one attached hydrogen (secondary N) is 1. The minimum absolute atomic E-state index is 0.0466. The van der Waals surface area contributed by atoms with E-state index in [0.29, 0.717) is 25.1 Å². The lowest BCUT2D eigenvalue weighted by molar-refractivity contribution is -0.139. The van der Waals surface area contributed by atoms with Gasteiger partial charge in [0, 0.05) is 13.1 Å². The quantitative estimate of drug-likeness (QED) is 0.357. The number of hydrogen-bond donors (Lipinski definition) is 1. The van der Waals surface area contributed by atoms with Crippen molar-refractivity contribution in [2.45, 2.75) is 37.6 Å². The number of likely N-dealkylation sites (N-methyl/N-ethyl adjacent to an activating group) is 1. The second kappa shape index (κ2) is 13.6. The molecule has 0 radical (unpaired) electrons. The van der Waals surface area contributed by atoms with Crippen LogP contribution in [0, 0.1) is 0 Å². The highest BCUT2D eigenvalue weighted by atomic mass is 32.2. The van der Waals surface area contributed by atoms with Gasteiger partial charge in [-0.15, -0.1) is 0 Å². The fraction of sp³-hybridized carbons (Fsp3) is 0.310. The van der Waals surface area contributed by atoms with E-state index < -0.39 is 28.5 Å². The van der Waals surface area contributed by atoms with E-state index >= 15 is 0 Å². The molecule has 0 aliphatic heterocycles. The molecule has 9 heteroatoms. The van der Waals surface area contributed by atoms with Crippen molar-refractivity contribution in [2.24, 2.45) is 0 Å². The molecule has 0 bridgehead atoms. The van der Waals surface area contributed by atoms with Crippen molar-refractivity contribution in [1.29, 1.82) is 0 Å². The molecule has 8 nitrogen and oxygen atoms in total. The summed E-state index contributed by atoms with van der Waals surface area (Å²) in [5, 5.41) is 2.80. The summed E-state index contributed by atoms with van der Waals surface area (Å²) in [5.74, 6) is -0.443. The number of benzene rings is 3. The highest BCUT2D eigenvalue weighted by molar-refractivity contribution is 7.92. The van der Waals surface area contributed by atoms with Crippen LogP contribution in [-0.4, -0.2) is 57.9 Å². The summed E-state index contributed by atoms with van der Waals surface area (Å²) >= 11 is 0. The number of amides is 2. The van der Waals surface area contributed by atoms with E-state index in [-0.39, 0.29) is 23.0 Å². The molecule has 0 unspecified atom stereocenters. The zero-order valence-electron chi connectivity index (χ0n) is 22.0. The molecule has 2 amide bonds. The molecule has 3 aromatic rings. The second-order valence-electron chi connectivity index (χ2n) is 8.64. The first-order valence-electron chi connectivity index (χ1n) is 12.6. The molecule has 0 aliphatic carbocycles. The average Bonchev–Trinajstić information content (AvgIpc) is 2.94. The molecule has 0 saturated heterocycles. The number of nitrogens with zero attached hydrogens (tertiary/aromatic N) is 2. The zero-order chi connectivity index (χ0) is 27.5. The lowest BCUT2D eigenvalue weighted by Gasteiger charge is -2.33. The van der Waals surface area contributed by atoms with Crippen molar-refractivity contribution < 1.29 is 22.7 Å². The molecule has 0 aromatic heterocycles. The summed E-state index contributed by atoms with van der Waals surface area (Å²) in [6.07, 6.45) is 0.898. The van der Waals surface area contributed by atoms with E-state index in [4.69, 9.17) is 4.74 Å². The normalized spacial score (nSPS) is 11.9. The third-order valence-corrected chi connectivity index (χ3v) is 7.96. The summed E-state index contributed by atoms with van der Waals surface area (Å²) in [4.78, 5) is 28.4. The number of methoxy groups -OCH3 is 1. The fourth-order valence-corrected chi connectivity index (χ4v) is 5.70. The van der Waals surface area contributed by atoms with Gasteiger partial charge in [0.05, 0.1) is 17.7 Å². The van der Waals surface area contributed by atoms with Crippen LogP contribution >= 0.6 is 0 Å². The Balaban J connectivity index is 2.03. The maximum Gasteiger partial charge on any atom is 0.264 e. The summed E-state index contributed by atoms with van der Waals surface area (Å²) in [6, 6.07) is 23.5. The molecular weight excluding hydrogens is 502 g/mol. The minimum Gasteiger partial charge on any atom is -0.495 e. The molecule has 0 spiro atoms. The predicted octanol–water partition coefficient (Wildman–Crippen LogP) is 3.88. The van der Waals surface area contributed by atoms with Crippen LogP contribution < -0.4 is 14.4 Å². The summed E-state index contributed by atoms with van der Waals surface area (Å²) in [5.41, 5.74) is 1.25. The first-order chi connectivity index (χ1) is 18.3. The van der Waals surface area contributed by atoms with E-state index in [1.165, 1.54) is 24.1 Å². The van der Waals surface area contributed by atoms with Crippen LogP contribution in [0.25, 0.3) is 0 Å². The molecule has 1 atom stereocenters. The van der Waals surface area contributed by atoms with Crippen molar-refractivity contribution in [1.82, 2.24) is 10.2 Å². The van der Waals surface area contributed by atoms with Gasteiger partial charge in [0.15, 0.2) is 0 Å². The number of rotatable bonds is 13. The third-order valence-electron chi connectivity index (χ3n) is 6.19. The first kappa shape index (κ1) is 28.7. The number of sulfonamides is 1. The van der Waals surface area contributed by atoms with Gasteiger partial charge in [-0.3, -0.25) is 13.9 Å². The standard InChI is InChI=1S/C29H35N3O5S/c1-4-25(29(34)30-5-2)31(21-20-23-14-8-6-9-15-23)28(33)22-32(26-18-12-13-19-27(26)37-3)38(35,36)24-16-10-7-11-17-24/h6-19,25H,4-5,20-22H2,1-3H3,(H,30,34)/t25-/m1/s1. The first-order valence-corrected chi connectivity index (χ1v) is 14.1. The third kappa shape index (κ3) is 6.92. The van der Waals surface area contributed by atoms with Crippen LogP contribution in [0.1, 0.15) is 25.8 Å². The molecule has 0 aliphatic rings. The highest BCUT2D eigenvalue weighted by Crippen LogP contribution is 2.32. The molecule has 0 saturated carbocycles. The molecule has 3 rings (SSSR count). The molecule has 1 N–H and O–H groups in total. The average molecular weight is 538 g/mol. The van der Waals surface area contributed by atoms with Gasteiger partial charge in [-0.05, 0) is 49.6 Å². The van der Waals surface area contributed by atoms with Gasteiger partial charge in [0.1, 0.15) is 18.3 Å². The Kier molecular flexibility index (Phi) is 10.3. The summed E-state index contributed by atoms with van der Waals surface area (Å²) in [6.45, 7) is 3.83. The van der Waals surface area contributed by atoms with Crippen molar-refractivity contribution in [3.63, 3.8) is 0 Å². The van der Waals surface area contributed by atoms with Gasteiger partial charge in [-0.2, -0.15) is 0 Å². The van der Waals surface area contributed by atoms with Crippen LogP contribution in [0.3, 0.4) is 0 Å². The largest absolute Gasteiger partial charge is 0.495 e. The van der Waals surface area contributed by atoms with E-state index in [9.17, 15) is 18.0 Å². The highest BCUT2D eigenvalue weighted by Gasteiger charge is 2.34. The van der Waals surface area contributed by atoms with Gasteiger partial charge in [0.2, 0.25) is 11.8 Å². The number of para-hydroxylation sites is 2. The Bertz CT molecular complexity index is 1300. The van der Waals surface area contributed by atoms with E-state index in [2.05, 4.69) is 5.32 Å². The number of ether oxygens (including phenoxy) is 1. The Morgan fingerprint density at radius 3 is 2.11 bits per heavy atom. The van der Waals surface area contributed by atoms with Gasteiger partial charge in [0.25, 0.3) is 10.0 Å². The van der Waals surface area contributed by atoms with Gasteiger partial charge in [-0.25, -0.2) is 8.42 Å². The molecule has 3 aromatic carbocycles. The van der Waals surface area contributed by atoms with E-state index in [1.807, 2.05) is 44.2 Å². The number of anilines is 1. The second-order valence-corrected chi connectivity index (χ2v) is 10.5. The number of carbonyl (C=O) groups is 2. The van der Waals surface area contributed by atoms with Crippen molar-refractivity contribution in [2.75, 3.05) is 31.0 Å². The van der Waals surface area contributed by atoms with E-state index in [0.717, 1.165) is 9.87 Å². The molecule has 202 valence electrons.